The van der Waals surface area contributed by atoms with Gasteiger partial charge in [-0.15, -0.1) is 0 Å². The number of aliphatic hydroxyl groups is 4. The Morgan fingerprint density at radius 1 is 1.00 bits per heavy atom. The lowest BCUT2D eigenvalue weighted by molar-refractivity contribution is -0.0964. The summed E-state index contributed by atoms with van der Waals surface area (Å²) in [5, 5.41) is 45.7. The van der Waals surface area contributed by atoms with Crippen LogP contribution in [0.4, 0.5) is 0 Å². The van der Waals surface area contributed by atoms with Gasteiger partial charge >= 0.3 is 0 Å². The molecule has 0 spiro atoms. The molecule has 1 rings (SSSR count). The lowest BCUT2D eigenvalue weighted by Gasteiger charge is -2.25. The first kappa shape index (κ1) is 16.9. The average molecular weight is 285 g/mol. The van der Waals surface area contributed by atoms with E-state index in [0.29, 0.717) is 6.54 Å². The first-order valence-electron chi connectivity index (χ1n) is 6.67. The van der Waals surface area contributed by atoms with E-state index in [2.05, 4.69) is 0 Å². The number of aliphatic hydroxyl groups excluding tert-OH is 2. The van der Waals surface area contributed by atoms with Gasteiger partial charge in [-0.2, -0.15) is 0 Å². The van der Waals surface area contributed by atoms with Crippen LogP contribution in [0.3, 0.4) is 0 Å². The van der Waals surface area contributed by atoms with E-state index in [0.717, 1.165) is 24.0 Å². The fourth-order valence-electron chi connectivity index (χ4n) is 2.18. The van der Waals surface area contributed by atoms with Crippen molar-refractivity contribution in [3.8, 4) is 5.75 Å². The van der Waals surface area contributed by atoms with Gasteiger partial charge in [-0.25, -0.2) is 0 Å². The van der Waals surface area contributed by atoms with Gasteiger partial charge in [0.15, 0.2) is 12.6 Å². The molecule has 0 radical (unpaired) electrons. The molecule has 0 aliphatic carbocycles. The molecule has 0 heterocycles. The van der Waals surface area contributed by atoms with Crippen LogP contribution < -0.4 is 0 Å². The van der Waals surface area contributed by atoms with Crippen LogP contribution in [0.5, 0.6) is 5.75 Å². The molecule has 0 aromatic heterocycles. The number of aryl methyl sites for hydroxylation is 1. The second-order valence-corrected chi connectivity index (χ2v) is 4.86. The third-order valence-corrected chi connectivity index (χ3v) is 2.95. The first-order valence-corrected chi connectivity index (χ1v) is 6.67. The molecule has 0 atom stereocenters. The Morgan fingerprint density at radius 2 is 1.60 bits per heavy atom. The van der Waals surface area contributed by atoms with E-state index in [-0.39, 0.29) is 18.8 Å². The number of rotatable bonds is 8. The van der Waals surface area contributed by atoms with Gasteiger partial charge < -0.3 is 25.5 Å². The zero-order valence-corrected chi connectivity index (χ0v) is 11.6. The third kappa shape index (κ3) is 5.85. The van der Waals surface area contributed by atoms with Crippen LogP contribution in [0.25, 0.3) is 0 Å². The normalized spacial score (nSPS) is 11.8. The molecular formula is C14H23NO5. The van der Waals surface area contributed by atoms with Gasteiger partial charge in [-0.05, 0) is 29.7 Å². The molecule has 20 heavy (non-hydrogen) atoms. The summed E-state index contributed by atoms with van der Waals surface area (Å²) in [6, 6.07) is 5.06. The van der Waals surface area contributed by atoms with Crippen molar-refractivity contribution in [2.75, 3.05) is 13.1 Å². The Kier molecular flexibility index (Phi) is 6.90. The summed E-state index contributed by atoms with van der Waals surface area (Å²) in [4.78, 5) is 1.52. The van der Waals surface area contributed by atoms with E-state index >= 15 is 0 Å². The lowest BCUT2D eigenvalue weighted by Crippen LogP contribution is -2.37. The lowest BCUT2D eigenvalue weighted by atomic mass is 10.0. The fourth-order valence-corrected chi connectivity index (χ4v) is 2.18. The van der Waals surface area contributed by atoms with Gasteiger partial charge in [0, 0.05) is 19.6 Å². The van der Waals surface area contributed by atoms with E-state index in [4.69, 9.17) is 20.4 Å². The van der Waals surface area contributed by atoms with Crippen molar-refractivity contribution in [1.29, 1.82) is 0 Å². The number of hydrogen-bond acceptors (Lipinski definition) is 6. The molecule has 0 saturated heterocycles. The van der Waals surface area contributed by atoms with Crippen LogP contribution in [-0.2, 0) is 13.0 Å². The second kappa shape index (κ2) is 8.18. The van der Waals surface area contributed by atoms with E-state index in [1.54, 1.807) is 12.1 Å². The zero-order chi connectivity index (χ0) is 15.1. The second-order valence-electron chi connectivity index (χ2n) is 4.86. The Morgan fingerprint density at radius 3 is 2.10 bits per heavy atom. The molecule has 1 aromatic rings. The Hall–Kier alpha value is -1.18. The molecule has 0 amide bonds. The topological polar surface area (TPSA) is 104 Å². The first-order chi connectivity index (χ1) is 9.42. The quantitative estimate of drug-likeness (QED) is 0.423. The summed E-state index contributed by atoms with van der Waals surface area (Å²) in [6.45, 7) is 2.15. The summed E-state index contributed by atoms with van der Waals surface area (Å²) in [7, 11) is 0. The molecule has 0 aliphatic heterocycles. The minimum Gasteiger partial charge on any atom is -0.508 e. The zero-order valence-electron chi connectivity index (χ0n) is 11.6. The van der Waals surface area contributed by atoms with Crippen LogP contribution in [-0.4, -0.2) is 56.1 Å². The predicted molar refractivity (Wildman–Crippen MR) is 73.8 cm³/mol. The molecule has 6 nitrogen and oxygen atoms in total. The van der Waals surface area contributed by atoms with Crippen LogP contribution in [0.2, 0.25) is 0 Å². The van der Waals surface area contributed by atoms with Gasteiger partial charge in [-0.3, -0.25) is 4.90 Å². The van der Waals surface area contributed by atoms with Gasteiger partial charge in [0.05, 0.1) is 0 Å². The number of nitrogens with zero attached hydrogens (tertiary/aromatic N) is 1. The van der Waals surface area contributed by atoms with E-state index in [1.807, 2.05) is 13.0 Å². The molecule has 0 bridgehead atoms. The molecule has 5 N–H and O–H groups in total. The number of hydrogen-bond donors (Lipinski definition) is 5. The Balaban J connectivity index is 2.87. The van der Waals surface area contributed by atoms with E-state index < -0.39 is 12.6 Å². The van der Waals surface area contributed by atoms with Crippen LogP contribution in [0.1, 0.15) is 24.5 Å². The fraction of sp³-hybridized carbons (Fsp3) is 0.571. The van der Waals surface area contributed by atoms with E-state index in [1.165, 1.54) is 4.90 Å². The smallest absolute Gasteiger partial charge is 0.164 e. The van der Waals surface area contributed by atoms with Crippen molar-refractivity contribution in [2.45, 2.75) is 38.9 Å². The molecule has 1 aromatic carbocycles. The standard InChI is InChI=1S/C14H23NO5/c1-2-3-10-4-5-12(16)6-11(10)7-15(8-13(17)18)9-14(19)20/h4-6,13-14,16-20H,2-3,7-9H2,1H3. The highest BCUT2D eigenvalue weighted by atomic mass is 16.5. The van der Waals surface area contributed by atoms with Gasteiger partial charge in [0.25, 0.3) is 0 Å². The molecule has 6 heteroatoms. The monoisotopic (exact) mass is 285 g/mol. The minimum absolute atomic E-state index is 0.0984. The van der Waals surface area contributed by atoms with Crippen molar-refractivity contribution in [1.82, 2.24) is 4.90 Å². The number of benzene rings is 1. The maximum absolute atomic E-state index is 9.57. The van der Waals surface area contributed by atoms with Crippen molar-refractivity contribution in [3.63, 3.8) is 0 Å². The molecule has 114 valence electrons. The van der Waals surface area contributed by atoms with Crippen LogP contribution >= 0.6 is 0 Å². The summed E-state index contributed by atoms with van der Waals surface area (Å²) < 4.78 is 0. The van der Waals surface area contributed by atoms with Gasteiger partial charge in [-0.1, -0.05) is 19.4 Å². The van der Waals surface area contributed by atoms with Crippen LogP contribution in [0.15, 0.2) is 18.2 Å². The molecule has 0 aliphatic rings. The summed E-state index contributed by atoms with van der Waals surface area (Å²) >= 11 is 0. The van der Waals surface area contributed by atoms with E-state index in [9.17, 15) is 5.11 Å². The molecule has 0 unspecified atom stereocenters. The SMILES string of the molecule is CCCc1ccc(O)cc1CN(CC(O)O)CC(O)O. The van der Waals surface area contributed by atoms with Crippen molar-refractivity contribution in [3.05, 3.63) is 29.3 Å². The highest BCUT2D eigenvalue weighted by molar-refractivity contribution is 5.35. The van der Waals surface area contributed by atoms with Crippen molar-refractivity contribution < 1.29 is 25.5 Å². The molecular weight excluding hydrogens is 262 g/mol. The highest BCUT2D eigenvalue weighted by Crippen LogP contribution is 2.20. The number of phenolic OH excluding ortho intramolecular Hbond substituents is 1. The van der Waals surface area contributed by atoms with Crippen molar-refractivity contribution in [2.24, 2.45) is 0 Å². The average Bonchev–Trinajstić information content (AvgIpc) is 2.31. The predicted octanol–water partition coefficient (Wildman–Crippen LogP) is -0.232. The minimum atomic E-state index is -1.55. The Bertz CT molecular complexity index is 399. The summed E-state index contributed by atoms with van der Waals surface area (Å²) in [5.74, 6) is 0.133. The van der Waals surface area contributed by atoms with Gasteiger partial charge in [0.1, 0.15) is 5.75 Å². The van der Waals surface area contributed by atoms with Crippen molar-refractivity contribution >= 4 is 0 Å². The maximum Gasteiger partial charge on any atom is 0.164 e. The summed E-state index contributed by atoms with van der Waals surface area (Å²) in [5.41, 5.74) is 1.89. The summed E-state index contributed by atoms with van der Waals surface area (Å²) in [6.07, 6.45) is -1.32. The van der Waals surface area contributed by atoms with Gasteiger partial charge in [0.2, 0.25) is 0 Å². The molecule has 0 saturated carbocycles. The van der Waals surface area contributed by atoms with Crippen LogP contribution in [0, 0.1) is 0 Å². The highest BCUT2D eigenvalue weighted by Gasteiger charge is 2.15. The number of phenols is 1. The third-order valence-electron chi connectivity index (χ3n) is 2.95. The maximum atomic E-state index is 9.57. The Labute approximate surface area is 118 Å². The number of aromatic hydroxyl groups is 1. The largest absolute Gasteiger partial charge is 0.508 e. The molecule has 0 fully saturated rings.